The van der Waals surface area contributed by atoms with Gasteiger partial charge in [0.2, 0.25) is 0 Å². The summed E-state index contributed by atoms with van der Waals surface area (Å²) in [7, 11) is 3.38. The first-order chi connectivity index (χ1) is 10.3. The van der Waals surface area contributed by atoms with Gasteiger partial charge < -0.3 is 14.8 Å². The highest BCUT2D eigenvalue weighted by molar-refractivity contribution is 5.77. The largest absolute Gasteiger partial charge is 0.496 e. The number of hydrogen-bond donors (Lipinski definition) is 1. The summed E-state index contributed by atoms with van der Waals surface area (Å²) in [6.45, 7) is 0.913. The lowest BCUT2D eigenvalue weighted by atomic mass is 10.0. The SMILES string of the molecule is COc1cccc(OC)c1-c1cccc(CNC2CC2)c1. The van der Waals surface area contributed by atoms with Crippen molar-refractivity contribution in [3.05, 3.63) is 48.0 Å². The summed E-state index contributed by atoms with van der Waals surface area (Å²) in [5.41, 5.74) is 3.42. The van der Waals surface area contributed by atoms with Crippen LogP contribution in [-0.4, -0.2) is 20.3 Å². The standard InChI is InChI=1S/C18H21NO2/c1-20-16-7-4-8-17(21-2)18(16)14-6-3-5-13(11-14)12-19-15-9-10-15/h3-8,11,15,19H,9-10,12H2,1-2H3. The lowest BCUT2D eigenvalue weighted by Gasteiger charge is -2.14. The molecule has 1 fully saturated rings. The second-order valence-corrected chi connectivity index (χ2v) is 5.39. The molecule has 0 atom stereocenters. The second kappa shape index (κ2) is 6.19. The minimum atomic E-state index is 0.717. The van der Waals surface area contributed by atoms with Crippen LogP contribution < -0.4 is 14.8 Å². The second-order valence-electron chi connectivity index (χ2n) is 5.39. The van der Waals surface area contributed by atoms with E-state index in [4.69, 9.17) is 9.47 Å². The molecular formula is C18H21NO2. The maximum Gasteiger partial charge on any atom is 0.130 e. The molecule has 110 valence electrons. The van der Waals surface area contributed by atoms with Gasteiger partial charge in [0.05, 0.1) is 19.8 Å². The zero-order chi connectivity index (χ0) is 14.7. The van der Waals surface area contributed by atoms with Gasteiger partial charge in [-0.25, -0.2) is 0 Å². The molecule has 1 N–H and O–H groups in total. The molecule has 2 aromatic rings. The molecule has 0 unspecified atom stereocenters. The zero-order valence-electron chi connectivity index (χ0n) is 12.6. The molecule has 21 heavy (non-hydrogen) atoms. The van der Waals surface area contributed by atoms with E-state index in [-0.39, 0.29) is 0 Å². The van der Waals surface area contributed by atoms with Crippen LogP contribution >= 0.6 is 0 Å². The van der Waals surface area contributed by atoms with E-state index in [9.17, 15) is 0 Å². The van der Waals surface area contributed by atoms with Crippen LogP contribution in [0.4, 0.5) is 0 Å². The minimum absolute atomic E-state index is 0.717. The number of hydrogen-bond acceptors (Lipinski definition) is 3. The highest BCUT2D eigenvalue weighted by Crippen LogP contribution is 2.38. The third-order valence-corrected chi connectivity index (χ3v) is 3.82. The molecule has 1 saturated carbocycles. The Morgan fingerprint density at radius 1 is 1.00 bits per heavy atom. The maximum atomic E-state index is 5.49. The van der Waals surface area contributed by atoms with Gasteiger partial charge in [0.1, 0.15) is 11.5 Å². The highest BCUT2D eigenvalue weighted by Gasteiger charge is 2.20. The average Bonchev–Trinajstić information content (AvgIpc) is 3.36. The summed E-state index contributed by atoms with van der Waals surface area (Å²) >= 11 is 0. The lowest BCUT2D eigenvalue weighted by molar-refractivity contribution is 0.397. The average molecular weight is 283 g/mol. The van der Waals surface area contributed by atoms with E-state index in [1.165, 1.54) is 18.4 Å². The molecule has 1 aliphatic carbocycles. The topological polar surface area (TPSA) is 30.5 Å². The van der Waals surface area contributed by atoms with E-state index in [2.05, 4.69) is 29.6 Å². The Hall–Kier alpha value is -2.00. The van der Waals surface area contributed by atoms with Crippen molar-refractivity contribution in [2.45, 2.75) is 25.4 Å². The van der Waals surface area contributed by atoms with Crippen molar-refractivity contribution in [3.63, 3.8) is 0 Å². The van der Waals surface area contributed by atoms with Crippen molar-refractivity contribution < 1.29 is 9.47 Å². The Balaban J connectivity index is 1.93. The molecule has 0 radical (unpaired) electrons. The van der Waals surface area contributed by atoms with E-state index in [1.807, 2.05) is 18.2 Å². The predicted molar refractivity (Wildman–Crippen MR) is 84.8 cm³/mol. The van der Waals surface area contributed by atoms with Crippen LogP contribution in [0.5, 0.6) is 11.5 Å². The van der Waals surface area contributed by atoms with Crippen LogP contribution in [0.25, 0.3) is 11.1 Å². The van der Waals surface area contributed by atoms with Gasteiger partial charge in [-0.3, -0.25) is 0 Å². The first-order valence-electron chi connectivity index (χ1n) is 7.35. The van der Waals surface area contributed by atoms with Crippen LogP contribution in [-0.2, 0) is 6.54 Å². The monoisotopic (exact) mass is 283 g/mol. The van der Waals surface area contributed by atoms with Crippen molar-refractivity contribution in [3.8, 4) is 22.6 Å². The lowest BCUT2D eigenvalue weighted by Crippen LogP contribution is -2.15. The summed E-state index contributed by atoms with van der Waals surface area (Å²) in [5.74, 6) is 1.67. The van der Waals surface area contributed by atoms with Crippen LogP contribution in [0.3, 0.4) is 0 Å². The smallest absolute Gasteiger partial charge is 0.130 e. The fourth-order valence-electron chi connectivity index (χ4n) is 2.52. The van der Waals surface area contributed by atoms with Gasteiger partial charge in [-0.05, 0) is 42.2 Å². The number of rotatable bonds is 6. The quantitative estimate of drug-likeness (QED) is 0.878. The molecule has 3 heteroatoms. The number of benzene rings is 2. The molecule has 0 amide bonds. The zero-order valence-corrected chi connectivity index (χ0v) is 12.6. The van der Waals surface area contributed by atoms with E-state index < -0.39 is 0 Å². The van der Waals surface area contributed by atoms with Gasteiger partial charge in [-0.1, -0.05) is 24.3 Å². The molecular weight excluding hydrogens is 262 g/mol. The first kappa shape index (κ1) is 14.0. The van der Waals surface area contributed by atoms with Gasteiger partial charge in [-0.2, -0.15) is 0 Å². The van der Waals surface area contributed by atoms with Gasteiger partial charge in [-0.15, -0.1) is 0 Å². The van der Waals surface area contributed by atoms with Gasteiger partial charge in [0, 0.05) is 12.6 Å². The molecule has 0 bridgehead atoms. The predicted octanol–water partition coefficient (Wildman–Crippen LogP) is 3.62. The van der Waals surface area contributed by atoms with Crippen LogP contribution in [0.1, 0.15) is 18.4 Å². The fraction of sp³-hybridized carbons (Fsp3) is 0.333. The normalized spacial score (nSPS) is 14.0. The Bertz CT molecular complexity index is 598. The molecule has 0 heterocycles. The summed E-state index contributed by atoms with van der Waals surface area (Å²) in [6, 6.07) is 15.1. The van der Waals surface area contributed by atoms with E-state index >= 15 is 0 Å². The van der Waals surface area contributed by atoms with E-state index in [0.29, 0.717) is 0 Å². The summed E-state index contributed by atoms with van der Waals surface area (Å²) < 4.78 is 11.0. The van der Waals surface area contributed by atoms with Crippen molar-refractivity contribution in [1.29, 1.82) is 0 Å². The maximum absolute atomic E-state index is 5.49. The molecule has 0 aliphatic heterocycles. The van der Waals surface area contributed by atoms with Gasteiger partial charge in [0.25, 0.3) is 0 Å². The van der Waals surface area contributed by atoms with E-state index in [1.54, 1.807) is 14.2 Å². The van der Waals surface area contributed by atoms with Crippen LogP contribution in [0.15, 0.2) is 42.5 Å². The summed E-state index contributed by atoms with van der Waals surface area (Å²) in [6.07, 6.45) is 2.61. The Morgan fingerprint density at radius 3 is 2.29 bits per heavy atom. The van der Waals surface area contributed by atoms with Crippen LogP contribution in [0, 0.1) is 0 Å². The molecule has 2 aromatic carbocycles. The minimum Gasteiger partial charge on any atom is -0.496 e. The van der Waals surface area contributed by atoms with Crippen molar-refractivity contribution in [2.75, 3.05) is 14.2 Å². The summed E-state index contributed by atoms with van der Waals surface area (Å²) in [4.78, 5) is 0. The Labute approximate surface area is 125 Å². The van der Waals surface area contributed by atoms with Crippen molar-refractivity contribution in [2.24, 2.45) is 0 Å². The summed E-state index contributed by atoms with van der Waals surface area (Å²) in [5, 5.41) is 3.55. The van der Waals surface area contributed by atoms with Gasteiger partial charge in [0.15, 0.2) is 0 Å². The van der Waals surface area contributed by atoms with Gasteiger partial charge >= 0.3 is 0 Å². The van der Waals surface area contributed by atoms with Crippen molar-refractivity contribution >= 4 is 0 Å². The molecule has 1 aliphatic rings. The Morgan fingerprint density at radius 2 is 1.67 bits per heavy atom. The van der Waals surface area contributed by atoms with Crippen LogP contribution in [0.2, 0.25) is 0 Å². The van der Waals surface area contributed by atoms with E-state index in [0.717, 1.165) is 35.2 Å². The number of methoxy groups -OCH3 is 2. The third-order valence-electron chi connectivity index (χ3n) is 3.82. The molecule has 0 spiro atoms. The molecule has 3 nitrogen and oxygen atoms in total. The molecule has 3 rings (SSSR count). The molecule has 0 aromatic heterocycles. The first-order valence-corrected chi connectivity index (χ1v) is 7.35. The molecule has 0 saturated heterocycles. The fourth-order valence-corrected chi connectivity index (χ4v) is 2.52. The number of nitrogens with one attached hydrogen (secondary N) is 1. The number of ether oxygens (including phenoxy) is 2. The third kappa shape index (κ3) is 3.19. The highest BCUT2D eigenvalue weighted by atomic mass is 16.5. The Kier molecular flexibility index (Phi) is 4.11. The van der Waals surface area contributed by atoms with Crippen molar-refractivity contribution in [1.82, 2.24) is 5.32 Å².